The third-order valence-electron chi connectivity index (χ3n) is 3.33. The van der Waals surface area contributed by atoms with Gasteiger partial charge >= 0.3 is 5.97 Å². The van der Waals surface area contributed by atoms with E-state index in [-0.39, 0.29) is 25.5 Å². The molecule has 0 fully saturated rings. The Labute approximate surface area is 110 Å². The second-order valence-electron chi connectivity index (χ2n) is 4.66. The number of benzene rings is 1. The Kier molecular flexibility index (Phi) is 3.44. The van der Waals surface area contributed by atoms with Crippen LogP contribution in [0.1, 0.15) is 18.9 Å². The number of nitrogens with one attached hydrogen (secondary N) is 1. The Morgan fingerprint density at radius 3 is 2.89 bits per heavy atom. The molecule has 19 heavy (non-hydrogen) atoms. The van der Waals surface area contributed by atoms with Gasteiger partial charge in [0.25, 0.3) is 5.91 Å². The second-order valence-corrected chi connectivity index (χ2v) is 4.66. The fraction of sp³-hybridized carbons (Fsp3) is 0.385. The normalized spacial score (nSPS) is 16.8. The average molecular weight is 265 g/mol. The monoisotopic (exact) mass is 265 g/mol. The lowest BCUT2D eigenvalue weighted by molar-refractivity contribution is -0.143. The third-order valence-corrected chi connectivity index (χ3v) is 3.33. The fourth-order valence-corrected chi connectivity index (χ4v) is 2.02. The zero-order valence-corrected chi connectivity index (χ0v) is 10.5. The molecule has 3 N–H and O–H groups in total. The van der Waals surface area contributed by atoms with Crippen LogP contribution in [0.3, 0.4) is 0 Å². The highest BCUT2D eigenvalue weighted by Crippen LogP contribution is 2.35. The fourth-order valence-electron chi connectivity index (χ4n) is 2.02. The highest BCUT2D eigenvalue weighted by Gasteiger charge is 2.35. The number of ether oxygens (including phenoxy) is 1. The zero-order valence-electron chi connectivity index (χ0n) is 10.5. The van der Waals surface area contributed by atoms with E-state index in [2.05, 4.69) is 5.32 Å². The Balaban J connectivity index is 2.42. The van der Waals surface area contributed by atoms with Crippen molar-refractivity contribution in [1.29, 1.82) is 0 Å². The smallest absolute Gasteiger partial charge is 0.313 e. The minimum absolute atomic E-state index is 0.0425. The molecular weight excluding hydrogens is 250 g/mol. The second kappa shape index (κ2) is 4.89. The molecule has 1 heterocycles. The summed E-state index contributed by atoms with van der Waals surface area (Å²) in [6.07, 6.45) is 0.0932. The largest absolute Gasteiger partial charge is 0.482 e. The number of fused-ring (bicyclic) bond motifs is 1. The molecule has 0 spiro atoms. The van der Waals surface area contributed by atoms with Crippen LogP contribution in [0.5, 0.6) is 5.75 Å². The van der Waals surface area contributed by atoms with Crippen LogP contribution < -0.4 is 10.1 Å². The Bertz CT molecular complexity index is 528. The van der Waals surface area contributed by atoms with E-state index in [1.807, 2.05) is 0 Å². The molecule has 0 saturated carbocycles. The number of anilines is 1. The van der Waals surface area contributed by atoms with Crippen molar-refractivity contribution in [3.05, 3.63) is 23.8 Å². The molecule has 1 aromatic carbocycles. The summed E-state index contributed by atoms with van der Waals surface area (Å²) >= 11 is 0. The molecule has 1 unspecified atom stereocenters. The van der Waals surface area contributed by atoms with Crippen LogP contribution in [0.25, 0.3) is 0 Å². The first-order chi connectivity index (χ1) is 8.97. The first kappa shape index (κ1) is 13.4. The number of carboxylic acids is 1. The molecule has 1 amide bonds. The van der Waals surface area contributed by atoms with Crippen LogP contribution in [0.2, 0.25) is 0 Å². The van der Waals surface area contributed by atoms with Crippen LogP contribution >= 0.6 is 0 Å². The van der Waals surface area contributed by atoms with Crippen LogP contribution in [-0.4, -0.2) is 35.3 Å². The number of hydrogen-bond acceptors (Lipinski definition) is 4. The van der Waals surface area contributed by atoms with Crippen LogP contribution in [0, 0.1) is 0 Å². The minimum Gasteiger partial charge on any atom is -0.482 e. The summed E-state index contributed by atoms with van der Waals surface area (Å²) < 4.78 is 5.21. The summed E-state index contributed by atoms with van der Waals surface area (Å²) in [4.78, 5) is 22.7. The molecule has 2 rings (SSSR count). The third kappa shape index (κ3) is 2.39. The molecule has 102 valence electrons. The van der Waals surface area contributed by atoms with E-state index in [1.165, 1.54) is 0 Å². The van der Waals surface area contributed by atoms with Gasteiger partial charge in [-0.25, -0.2) is 0 Å². The number of carbonyl (C=O) groups is 2. The van der Waals surface area contributed by atoms with Gasteiger partial charge < -0.3 is 20.3 Å². The SMILES string of the molecule is CC(CCO)(C(=O)O)c1ccc2c(c1)NC(=O)CO2. The highest BCUT2D eigenvalue weighted by atomic mass is 16.5. The molecule has 0 aliphatic carbocycles. The average Bonchev–Trinajstić information content (AvgIpc) is 2.37. The lowest BCUT2D eigenvalue weighted by atomic mass is 9.79. The molecule has 6 heteroatoms. The van der Waals surface area contributed by atoms with E-state index >= 15 is 0 Å². The molecule has 1 aliphatic rings. The number of aliphatic hydroxyl groups is 1. The number of hydrogen-bond donors (Lipinski definition) is 3. The lowest BCUT2D eigenvalue weighted by Crippen LogP contribution is -2.34. The van der Waals surface area contributed by atoms with E-state index in [0.717, 1.165) is 0 Å². The Hall–Kier alpha value is -2.08. The van der Waals surface area contributed by atoms with Gasteiger partial charge in [0.05, 0.1) is 11.1 Å². The van der Waals surface area contributed by atoms with Crippen molar-refractivity contribution in [3.8, 4) is 5.75 Å². The van der Waals surface area contributed by atoms with Crippen molar-refractivity contribution in [1.82, 2.24) is 0 Å². The summed E-state index contributed by atoms with van der Waals surface area (Å²) in [5.74, 6) is -0.784. The van der Waals surface area contributed by atoms with Crippen LogP contribution in [-0.2, 0) is 15.0 Å². The Morgan fingerprint density at radius 2 is 2.26 bits per heavy atom. The lowest BCUT2D eigenvalue weighted by Gasteiger charge is -2.26. The maximum absolute atomic E-state index is 11.4. The number of aliphatic carboxylic acids is 1. The zero-order chi connectivity index (χ0) is 14.0. The molecule has 6 nitrogen and oxygen atoms in total. The maximum Gasteiger partial charge on any atom is 0.313 e. The molecule has 0 radical (unpaired) electrons. The molecule has 0 saturated heterocycles. The molecule has 0 aromatic heterocycles. The predicted octanol–water partition coefficient (Wildman–Crippen LogP) is 0.742. The van der Waals surface area contributed by atoms with Gasteiger partial charge in [-0.05, 0) is 31.0 Å². The van der Waals surface area contributed by atoms with Gasteiger partial charge in [-0.1, -0.05) is 6.07 Å². The number of carboxylic acid groups (broad SMARTS) is 1. The van der Waals surface area contributed by atoms with Crippen molar-refractivity contribution in [3.63, 3.8) is 0 Å². The van der Waals surface area contributed by atoms with Crippen molar-refractivity contribution < 1.29 is 24.5 Å². The van der Waals surface area contributed by atoms with Crippen molar-refractivity contribution in [2.24, 2.45) is 0 Å². The first-order valence-corrected chi connectivity index (χ1v) is 5.89. The van der Waals surface area contributed by atoms with E-state index in [0.29, 0.717) is 17.0 Å². The van der Waals surface area contributed by atoms with Gasteiger partial charge in [0.1, 0.15) is 5.75 Å². The molecule has 1 aliphatic heterocycles. The molecular formula is C13H15NO5. The number of rotatable bonds is 4. The maximum atomic E-state index is 11.4. The standard InChI is InChI=1S/C13H15NO5/c1-13(4-5-15,12(17)18)8-2-3-10-9(6-8)14-11(16)7-19-10/h2-3,6,15H,4-5,7H2,1H3,(H,14,16)(H,17,18). The summed E-state index contributed by atoms with van der Waals surface area (Å²) in [7, 11) is 0. The van der Waals surface area contributed by atoms with Gasteiger partial charge in [0.15, 0.2) is 6.61 Å². The van der Waals surface area contributed by atoms with E-state index in [1.54, 1.807) is 25.1 Å². The van der Waals surface area contributed by atoms with Gasteiger partial charge in [-0.3, -0.25) is 9.59 Å². The molecule has 1 atom stereocenters. The van der Waals surface area contributed by atoms with Gasteiger partial charge in [0.2, 0.25) is 0 Å². The van der Waals surface area contributed by atoms with Gasteiger partial charge in [0, 0.05) is 6.61 Å². The van der Waals surface area contributed by atoms with Crippen molar-refractivity contribution >= 4 is 17.6 Å². The molecule has 1 aromatic rings. The number of aliphatic hydroxyl groups excluding tert-OH is 1. The van der Waals surface area contributed by atoms with Crippen LogP contribution in [0.4, 0.5) is 5.69 Å². The summed E-state index contributed by atoms with van der Waals surface area (Å²) in [6, 6.07) is 4.85. The van der Waals surface area contributed by atoms with Crippen molar-refractivity contribution in [2.45, 2.75) is 18.8 Å². The summed E-state index contributed by atoms with van der Waals surface area (Å²) in [5, 5.41) is 21.0. The van der Waals surface area contributed by atoms with E-state index < -0.39 is 11.4 Å². The van der Waals surface area contributed by atoms with Crippen molar-refractivity contribution in [2.75, 3.05) is 18.5 Å². The Morgan fingerprint density at radius 1 is 1.53 bits per heavy atom. The minimum atomic E-state index is -1.20. The van der Waals surface area contributed by atoms with Gasteiger partial charge in [-0.2, -0.15) is 0 Å². The number of carbonyl (C=O) groups excluding carboxylic acids is 1. The highest BCUT2D eigenvalue weighted by molar-refractivity contribution is 5.95. The summed E-state index contributed by atoms with van der Waals surface area (Å²) in [5.41, 5.74) is -0.232. The van der Waals surface area contributed by atoms with Crippen LogP contribution in [0.15, 0.2) is 18.2 Å². The quantitative estimate of drug-likeness (QED) is 0.746. The predicted molar refractivity (Wildman–Crippen MR) is 67.3 cm³/mol. The number of amides is 1. The van der Waals surface area contributed by atoms with Gasteiger partial charge in [-0.15, -0.1) is 0 Å². The van der Waals surface area contributed by atoms with E-state index in [4.69, 9.17) is 9.84 Å². The van der Waals surface area contributed by atoms with E-state index in [9.17, 15) is 14.7 Å². The summed E-state index contributed by atoms with van der Waals surface area (Å²) in [6.45, 7) is 1.26. The topological polar surface area (TPSA) is 95.9 Å². The molecule has 0 bridgehead atoms. The first-order valence-electron chi connectivity index (χ1n) is 5.89.